The van der Waals surface area contributed by atoms with Gasteiger partial charge in [-0.2, -0.15) is 10.4 Å². The van der Waals surface area contributed by atoms with Crippen LogP contribution in [0.25, 0.3) is 0 Å². The molecule has 0 unspecified atom stereocenters. The Hall–Kier alpha value is -2.16. The van der Waals surface area contributed by atoms with E-state index in [9.17, 15) is 10.1 Å². The van der Waals surface area contributed by atoms with Crippen LogP contribution in [0.4, 0.5) is 5.82 Å². The molecule has 6 heteroatoms. The number of nitriles is 1. The summed E-state index contributed by atoms with van der Waals surface area (Å²) < 4.78 is 4.61. The van der Waals surface area contributed by atoms with Gasteiger partial charge >= 0.3 is 5.97 Å². The maximum Gasteiger partial charge on any atom is 0.325 e. The van der Waals surface area contributed by atoms with Crippen LogP contribution in [0, 0.1) is 11.3 Å². The number of carbonyl (C=O) groups excluding carboxylic acids is 1. The highest BCUT2D eigenvalue weighted by atomic mass is 16.5. The van der Waals surface area contributed by atoms with Crippen molar-refractivity contribution in [2.45, 2.75) is 26.7 Å². The molecule has 1 aromatic heterocycles. The Morgan fingerprint density at radius 3 is 2.53 bits per heavy atom. The van der Waals surface area contributed by atoms with Gasteiger partial charge in [-0.3, -0.25) is 4.79 Å². The minimum Gasteiger partial charge on any atom is -0.468 e. The summed E-state index contributed by atoms with van der Waals surface area (Å²) in [6, 6.07) is 2.17. The van der Waals surface area contributed by atoms with Crippen LogP contribution in [0.3, 0.4) is 0 Å². The number of aromatic nitrogens is 2. The number of ether oxygens (including phenoxy) is 1. The van der Waals surface area contributed by atoms with Gasteiger partial charge in [-0.25, -0.2) is 0 Å². The normalized spacial score (nSPS) is 9.84. The monoisotopic (exact) mass is 262 g/mol. The lowest BCUT2D eigenvalue weighted by molar-refractivity contribution is -0.138. The minimum absolute atomic E-state index is 0.0362. The molecule has 0 radical (unpaired) electrons. The number of nitrogens with zero attached hydrogens (tertiary/aromatic N) is 4. The highest BCUT2D eigenvalue weighted by molar-refractivity contribution is 5.76. The van der Waals surface area contributed by atoms with Crippen molar-refractivity contribution in [3.05, 3.63) is 16.8 Å². The smallest absolute Gasteiger partial charge is 0.325 e. The maximum absolute atomic E-state index is 11.3. The number of methoxy groups -OCH3 is 1. The van der Waals surface area contributed by atoms with Gasteiger partial charge in [-0.05, 0) is 18.4 Å². The molecule has 0 aliphatic heterocycles. The van der Waals surface area contributed by atoms with E-state index >= 15 is 0 Å². The number of hydrogen-bond acceptors (Lipinski definition) is 6. The summed E-state index contributed by atoms with van der Waals surface area (Å²) >= 11 is 0. The first kappa shape index (κ1) is 14.9. The lowest BCUT2D eigenvalue weighted by atomic mass is 10.0. The molecule has 0 spiro atoms. The summed E-state index contributed by atoms with van der Waals surface area (Å²) in [7, 11) is 3.01. The van der Waals surface area contributed by atoms with Crippen molar-refractivity contribution in [3.8, 4) is 6.07 Å². The number of rotatable bonds is 5. The molecule has 0 N–H and O–H groups in total. The predicted octanol–water partition coefficient (Wildman–Crippen LogP) is 1.08. The van der Waals surface area contributed by atoms with E-state index in [0.29, 0.717) is 17.8 Å². The van der Waals surface area contributed by atoms with Crippen LogP contribution < -0.4 is 4.90 Å². The lowest BCUT2D eigenvalue weighted by Crippen LogP contribution is -2.28. The molecule has 0 saturated heterocycles. The predicted molar refractivity (Wildman–Crippen MR) is 70.8 cm³/mol. The van der Waals surface area contributed by atoms with Gasteiger partial charge in [-0.1, -0.05) is 13.8 Å². The molecule has 0 aliphatic carbocycles. The molecular weight excluding hydrogens is 244 g/mol. The Morgan fingerprint density at radius 2 is 2.05 bits per heavy atom. The van der Waals surface area contributed by atoms with Gasteiger partial charge in [0.1, 0.15) is 18.2 Å². The molecule has 6 nitrogen and oxygen atoms in total. The van der Waals surface area contributed by atoms with Gasteiger partial charge < -0.3 is 9.64 Å². The molecule has 0 amide bonds. The first-order valence-corrected chi connectivity index (χ1v) is 6.15. The largest absolute Gasteiger partial charge is 0.468 e. The van der Waals surface area contributed by atoms with Crippen molar-refractivity contribution in [3.63, 3.8) is 0 Å². The first-order chi connectivity index (χ1) is 9.08. The maximum atomic E-state index is 11.3. The van der Waals surface area contributed by atoms with Crippen LogP contribution in [0.1, 0.15) is 30.7 Å². The number of likely N-dealkylation sites (N-methyl/N-ethyl adjacent to an activating group) is 1. The molecule has 0 fully saturated rings. The summed E-state index contributed by atoms with van der Waals surface area (Å²) in [4.78, 5) is 12.9. The van der Waals surface area contributed by atoms with Gasteiger partial charge in [0.25, 0.3) is 0 Å². The number of hydrogen-bond donors (Lipinski definition) is 0. The molecule has 1 heterocycles. The summed E-state index contributed by atoms with van der Waals surface area (Å²) in [5.41, 5.74) is 2.21. The van der Waals surface area contributed by atoms with Gasteiger partial charge in [0.2, 0.25) is 0 Å². The molecule has 0 bridgehead atoms. The van der Waals surface area contributed by atoms with Gasteiger partial charge in [0.15, 0.2) is 5.82 Å². The zero-order valence-corrected chi connectivity index (χ0v) is 11.7. The van der Waals surface area contributed by atoms with Crippen LogP contribution in [0.2, 0.25) is 0 Å². The fraction of sp³-hybridized carbons (Fsp3) is 0.538. The highest BCUT2D eigenvalue weighted by Crippen LogP contribution is 2.22. The Kier molecular flexibility index (Phi) is 5.24. The molecule has 0 aromatic carbocycles. The van der Waals surface area contributed by atoms with E-state index in [-0.39, 0.29) is 12.5 Å². The minimum atomic E-state index is -0.384. The summed E-state index contributed by atoms with van der Waals surface area (Å²) in [6.07, 6.45) is 1.44. The molecule has 0 atom stereocenters. The van der Waals surface area contributed by atoms with Crippen molar-refractivity contribution in [2.75, 3.05) is 25.6 Å². The fourth-order valence-electron chi connectivity index (χ4n) is 1.88. The Bertz CT molecular complexity index is 508. The van der Waals surface area contributed by atoms with E-state index < -0.39 is 0 Å². The average molecular weight is 262 g/mol. The van der Waals surface area contributed by atoms with Crippen LogP contribution in [-0.4, -0.2) is 36.9 Å². The third-order valence-electron chi connectivity index (χ3n) is 2.89. The van der Waals surface area contributed by atoms with Crippen molar-refractivity contribution in [1.82, 2.24) is 10.2 Å². The van der Waals surface area contributed by atoms with Crippen LogP contribution in [0.5, 0.6) is 0 Å². The van der Waals surface area contributed by atoms with Crippen LogP contribution in [-0.2, 0) is 22.4 Å². The molecule has 102 valence electrons. The topological polar surface area (TPSA) is 79.1 Å². The average Bonchev–Trinajstić information content (AvgIpc) is 2.44. The van der Waals surface area contributed by atoms with E-state index in [1.165, 1.54) is 7.11 Å². The SMILES string of the molecule is CCc1nnc(N(C)CC(=O)OC)c(C#N)c1CC. The summed E-state index contributed by atoms with van der Waals surface area (Å²) in [6.45, 7) is 3.98. The first-order valence-electron chi connectivity index (χ1n) is 6.15. The lowest BCUT2D eigenvalue weighted by Gasteiger charge is -2.19. The Morgan fingerprint density at radius 1 is 1.37 bits per heavy atom. The molecule has 19 heavy (non-hydrogen) atoms. The van der Waals surface area contributed by atoms with E-state index in [0.717, 1.165) is 17.7 Å². The van der Waals surface area contributed by atoms with Gasteiger partial charge in [0.05, 0.1) is 12.8 Å². The second kappa shape index (κ2) is 6.69. The van der Waals surface area contributed by atoms with Crippen LogP contribution in [0.15, 0.2) is 0 Å². The van der Waals surface area contributed by atoms with Crippen molar-refractivity contribution < 1.29 is 9.53 Å². The number of aryl methyl sites for hydroxylation is 1. The third kappa shape index (κ3) is 3.19. The molecule has 0 saturated carbocycles. The standard InChI is InChI=1S/C13H18N4O2/c1-5-9-10(7-14)13(16-15-11(9)6-2)17(3)8-12(18)19-4/h5-6,8H2,1-4H3. The Labute approximate surface area is 113 Å². The van der Waals surface area contributed by atoms with E-state index in [2.05, 4.69) is 21.0 Å². The Balaban J connectivity index is 3.22. The van der Waals surface area contributed by atoms with Crippen molar-refractivity contribution in [1.29, 1.82) is 5.26 Å². The zero-order valence-electron chi connectivity index (χ0n) is 11.7. The van der Waals surface area contributed by atoms with Crippen molar-refractivity contribution >= 4 is 11.8 Å². The van der Waals surface area contributed by atoms with E-state index in [1.54, 1.807) is 11.9 Å². The number of anilines is 1. The summed E-state index contributed by atoms with van der Waals surface area (Å²) in [5, 5.41) is 17.5. The molecular formula is C13H18N4O2. The highest BCUT2D eigenvalue weighted by Gasteiger charge is 2.18. The second-order valence-corrected chi connectivity index (χ2v) is 4.07. The van der Waals surface area contributed by atoms with E-state index in [1.807, 2.05) is 13.8 Å². The molecule has 1 aromatic rings. The van der Waals surface area contributed by atoms with Crippen molar-refractivity contribution in [2.24, 2.45) is 0 Å². The fourth-order valence-corrected chi connectivity index (χ4v) is 1.88. The zero-order chi connectivity index (χ0) is 14.4. The summed E-state index contributed by atoms with van der Waals surface area (Å²) in [5.74, 6) is 0.0350. The van der Waals surface area contributed by atoms with Gasteiger partial charge in [-0.15, -0.1) is 5.10 Å². The number of carbonyl (C=O) groups is 1. The van der Waals surface area contributed by atoms with Gasteiger partial charge in [0, 0.05) is 7.05 Å². The number of esters is 1. The molecule has 1 rings (SSSR count). The third-order valence-corrected chi connectivity index (χ3v) is 2.89. The second-order valence-electron chi connectivity index (χ2n) is 4.07. The molecule has 0 aliphatic rings. The van der Waals surface area contributed by atoms with Crippen LogP contribution >= 0.6 is 0 Å². The quantitative estimate of drug-likeness (QED) is 0.739. The van der Waals surface area contributed by atoms with E-state index in [4.69, 9.17) is 0 Å².